The minimum absolute atomic E-state index is 0.0625. The van der Waals surface area contributed by atoms with Gasteiger partial charge in [-0.15, -0.1) is 0 Å². The molecule has 6 heteroatoms. The van der Waals surface area contributed by atoms with Crippen LogP contribution in [0, 0.1) is 0 Å². The van der Waals surface area contributed by atoms with Gasteiger partial charge in [0, 0.05) is 12.1 Å². The summed E-state index contributed by atoms with van der Waals surface area (Å²) in [7, 11) is 0. The van der Waals surface area contributed by atoms with Crippen molar-refractivity contribution in [3.8, 4) is 5.75 Å². The zero-order chi connectivity index (χ0) is 18.6. The number of ketones is 1. The van der Waals surface area contributed by atoms with Crippen LogP contribution in [0.5, 0.6) is 5.75 Å². The van der Waals surface area contributed by atoms with E-state index in [1.165, 1.54) is 12.1 Å². The number of carbonyl (C=O) groups is 1. The molecule has 0 radical (unpaired) electrons. The standard InChI is InChI=1S/C20H20F3NO2/c21-20(22,23)17-10-6-9-16(18(25)15-7-2-1-3-8-15)19(17)26-14-13-24-11-4-5-12-24/h1-3,6-10H,4-5,11-14H2. The molecule has 0 spiro atoms. The van der Waals surface area contributed by atoms with E-state index in [1.807, 2.05) is 0 Å². The Kier molecular flexibility index (Phi) is 5.61. The lowest BCUT2D eigenvalue weighted by Gasteiger charge is -2.19. The number of nitrogens with zero attached hydrogens (tertiary/aromatic N) is 1. The van der Waals surface area contributed by atoms with Crippen molar-refractivity contribution in [2.75, 3.05) is 26.2 Å². The normalized spacial score (nSPS) is 15.2. The summed E-state index contributed by atoms with van der Waals surface area (Å²) in [6.45, 7) is 2.52. The second-order valence-corrected chi connectivity index (χ2v) is 6.27. The fraction of sp³-hybridized carbons (Fsp3) is 0.350. The van der Waals surface area contributed by atoms with Crippen LogP contribution in [0.2, 0.25) is 0 Å². The lowest BCUT2D eigenvalue weighted by molar-refractivity contribution is -0.139. The van der Waals surface area contributed by atoms with E-state index in [0.717, 1.165) is 32.0 Å². The molecule has 138 valence electrons. The maximum absolute atomic E-state index is 13.4. The Morgan fingerprint density at radius 3 is 2.35 bits per heavy atom. The van der Waals surface area contributed by atoms with Gasteiger partial charge in [0.1, 0.15) is 12.4 Å². The Hall–Kier alpha value is -2.34. The van der Waals surface area contributed by atoms with Crippen molar-refractivity contribution >= 4 is 5.78 Å². The van der Waals surface area contributed by atoms with Gasteiger partial charge in [-0.05, 0) is 38.1 Å². The molecule has 0 amide bonds. The molecule has 1 aliphatic rings. The molecule has 26 heavy (non-hydrogen) atoms. The summed E-state index contributed by atoms with van der Waals surface area (Å²) in [4.78, 5) is 14.9. The SMILES string of the molecule is O=C(c1ccccc1)c1cccc(C(F)(F)F)c1OCCN1CCCC1. The quantitative estimate of drug-likeness (QED) is 0.712. The number of likely N-dealkylation sites (tertiary alicyclic amines) is 1. The Labute approximate surface area is 150 Å². The van der Waals surface area contributed by atoms with Crippen LogP contribution in [0.4, 0.5) is 13.2 Å². The molecule has 0 aromatic heterocycles. The monoisotopic (exact) mass is 363 g/mol. The highest BCUT2D eigenvalue weighted by Gasteiger charge is 2.36. The number of benzene rings is 2. The first kappa shape index (κ1) is 18.5. The molecular formula is C20H20F3NO2. The van der Waals surface area contributed by atoms with E-state index >= 15 is 0 Å². The van der Waals surface area contributed by atoms with Crippen LogP contribution in [0.3, 0.4) is 0 Å². The highest BCUT2D eigenvalue weighted by molar-refractivity contribution is 6.11. The van der Waals surface area contributed by atoms with Gasteiger partial charge in [-0.3, -0.25) is 9.69 Å². The van der Waals surface area contributed by atoms with Crippen LogP contribution >= 0.6 is 0 Å². The summed E-state index contributed by atoms with van der Waals surface area (Å²) >= 11 is 0. The Morgan fingerprint density at radius 2 is 1.69 bits per heavy atom. The van der Waals surface area contributed by atoms with Gasteiger partial charge < -0.3 is 4.74 Å². The summed E-state index contributed by atoms with van der Waals surface area (Å²) in [5.41, 5.74) is -0.649. The second-order valence-electron chi connectivity index (χ2n) is 6.27. The van der Waals surface area contributed by atoms with E-state index in [0.29, 0.717) is 12.1 Å². The summed E-state index contributed by atoms with van der Waals surface area (Å²) < 4.78 is 45.8. The van der Waals surface area contributed by atoms with E-state index in [-0.39, 0.29) is 17.9 Å². The molecule has 0 atom stereocenters. The number of alkyl halides is 3. The molecular weight excluding hydrogens is 343 g/mol. The highest BCUT2D eigenvalue weighted by atomic mass is 19.4. The molecule has 0 unspecified atom stereocenters. The molecule has 1 saturated heterocycles. The van der Waals surface area contributed by atoms with Gasteiger partial charge in [0.2, 0.25) is 0 Å². The van der Waals surface area contributed by atoms with Crippen LogP contribution in [-0.4, -0.2) is 36.9 Å². The summed E-state index contributed by atoms with van der Waals surface area (Å²) in [6, 6.07) is 11.8. The average molecular weight is 363 g/mol. The third-order valence-electron chi connectivity index (χ3n) is 4.45. The third kappa shape index (κ3) is 4.25. The van der Waals surface area contributed by atoms with E-state index in [2.05, 4.69) is 4.90 Å². The van der Waals surface area contributed by atoms with Crippen LogP contribution < -0.4 is 4.74 Å². The summed E-state index contributed by atoms with van der Waals surface area (Å²) in [5.74, 6) is -0.860. The third-order valence-corrected chi connectivity index (χ3v) is 4.45. The van der Waals surface area contributed by atoms with Crippen LogP contribution in [-0.2, 0) is 6.18 Å². The lowest BCUT2D eigenvalue weighted by atomic mass is 9.99. The van der Waals surface area contributed by atoms with Crippen LogP contribution in [0.1, 0.15) is 34.3 Å². The van der Waals surface area contributed by atoms with Crippen molar-refractivity contribution in [1.29, 1.82) is 0 Å². The highest BCUT2D eigenvalue weighted by Crippen LogP contribution is 2.39. The van der Waals surface area contributed by atoms with Crippen molar-refractivity contribution in [2.45, 2.75) is 19.0 Å². The number of rotatable bonds is 6. The van der Waals surface area contributed by atoms with Gasteiger partial charge in [0.15, 0.2) is 5.78 Å². The number of hydrogen-bond acceptors (Lipinski definition) is 3. The Morgan fingerprint density at radius 1 is 1.00 bits per heavy atom. The van der Waals surface area contributed by atoms with Crippen LogP contribution in [0.15, 0.2) is 48.5 Å². The second kappa shape index (κ2) is 7.91. The maximum Gasteiger partial charge on any atom is 0.419 e. The number of ether oxygens (including phenoxy) is 1. The molecule has 0 aliphatic carbocycles. The molecule has 0 N–H and O–H groups in total. The van der Waals surface area contributed by atoms with Gasteiger partial charge >= 0.3 is 6.18 Å². The average Bonchev–Trinajstić information content (AvgIpc) is 3.14. The number of carbonyl (C=O) groups excluding carboxylic acids is 1. The smallest absolute Gasteiger partial charge is 0.419 e. The maximum atomic E-state index is 13.4. The van der Waals surface area contributed by atoms with Crippen molar-refractivity contribution in [2.24, 2.45) is 0 Å². The molecule has 1 heterocycles. The van der Waals surface area contributed by atoms with Gasteiger partial charge in [0.25, 0.3) is 0 Å². The molecule has 0 saturated carbocycles. The fourth-order valence-corrected chi connectivity index (χ4v) is 3.12. The predicted molar refractivity (Wildman–Crippen MR) is 92.5 cm³/mol. The molecule has 3 nitrogen and oxygen atoms in total. The summed E-state index contributed by atoms with van der Waals surface area (Å²) in [5, 5.41) is 0. The summed E-state index contributed by atoms with van der Waals surface area (Å²) in [6.07, 6.45) is -2.40. The van der Waals surface area contributed by atoms with Crippen molar-refractivity contribution in [1.82, 2.24) is 4.90 Å². The largest absolute Gasteiger partial charge is 0.491 e. The van der Waals surface area contributed by atoms with E-state index in [1.54, 1.807) is 30.3 Å². The number of hydrogen-bond donors (Lipinski definition) is 0. The van der Waals surface area contributed by atoms with Gasteiger partial charge in [-0.2, -0.15) is 13.2 Å². The first-order chi connectivity index (χ1) is 12.5. The number of para-hydroxylation sites is 1. The van der Waals surface area contributed by atoms with E-state index in [9.17, 15) is 18.0 Å². The molecule has 1 aliphatic heterocycles. The zero-order valence-electron chi connectivity index (χ0n) is 14.3. The topological polar surface area (TPSA) is 29.5 Å². The first-order valence-corrected chi connectivity index (χ1v) is 8.62. The first-order valence-electron chi connectivity index (χ1n) is 8.62. The van der Waals surface area contributed by atoms with Crippen LogP contribution in [0.25, 0.3) is 0 Å². The Bertz CT molecular complexity index is 753. The van der Waals surface area contributed by atoms with Crippen molar-refractivity contribution in [3.63, 3.8) is 0 Å². The Balaban J connectivity index is 1.88. The van der Waals surface area contributed by atoms with Gasteiger partial charge in [0.05, 0.1) is 11.1 Å². The van der Waals surface area contributed by atoms with E-state index < -0.39 is 17.5 Å². The number of halogens is 3. The molecule has 0 bridgehead atoms. The lowest BCUT2D eigenvalue weighted by Crippen LogP contribution is -2.26. The van der Waals surface area contributed by atoms with Gasteiger partial charge in [-0.25, -0.2) is 0 Å². The van der Waals surface area contributed by atoms with Crippen molar-refractivity contribution < 1.29 is 22.7 Å². The molecule has 3 rings (SSSR count). The molecule has 2 aromatic carbocycles. The van der Waals surface area contributed by atoms with Gasteiger partial charge in [-0.1, -0.05) is 36.4 Å². The zero-order valence-corrected chi connectivity index (χ0v) is 14.3. The van der Waals surface area contributed by atoms with E-state index in [4.69, 9.17) is 4.74 Å². The molecule has 2 aromatic rings. The predicted octanol–water partition coefficient (Wildman–Crippen LogP) is 4.41. The minimum Gasteiger partial charge on any atom is -0.491 e. The van der Waals surface area contributed by atoms with Crippen molar-refractivity contribution in [3.05, 3.63) is 65.2 Å². The fourth-order valence-electron chi connectivity index (χ4n) is 3.12. The molecule has 1 fully saturated rings. The minimum atomic E-state index is -4.59.